The summed E-state index contributed by atoms with van der Waals surface area (Å²) in [5.74, 6) is 0.544. The van der Waals surface area contributed by atoms with E-state index in [4.69, 9.17) is 9.47 Å². The van der Waals surface area contributed by atoms with Gasteiger partial charge in [0.15, 0.2) is 10.8 Å². The first kappa shape index (κ1) is 17.1. The molecule has 1 aliphatic heterocycles. The van der Waals surface area contributed by atoms with E-state index >= 15 is 0 Å². The number of aromatic nitrogens is 6. The zero-order valence-electron chi connectivity index (χ0n) is 14.5. The van der Waals surface area contributed by atoms with Gasteiger partial charge < -0.3 is 14.4 Å². The number of hydrogen-bond donors (Lipinski definition) is 0. The molecule has 3 aromatic heterocycles. The highest BCUT2D eigenvalue weighted by Gasteiger charge is 2.31. The van der Waals surface area contributed by atoms with Gasteiger partial charge in [0.2, 0.25) is 0 Å². The van der Waals surface area contributed by atoms with Crippen LogP contribution in [0.1, 0.15) is 28.1 Å². The third kappa shape index (κ3) is 2.97. The number of amides is 1. The summed E-state index contributed by atoms with van der Waals surface area (Å²) in [6.07, 6.45) is 1.50. The Labute approximate surface area is 153 Å². The Balaban J connectivity index is 1.55. The third-order valence-corrected chi connectivity index (χ3v) is 5.10. The molecule has 0 aromatic carbocycles. The Morgan fingerprint density at radius 3 is 3.23 bits per heavy atom. The van der Waals surface area contributed by atoms with Crippen LogP contribution in [0.15, 0.2) is 11.6 Å². The van der Waals surface area contributed by atoms with Crippen LogP contribution in [0.5, 0.6) is 0 Å². The van der Waals surface area contributed by atoms with E-state index < -0.39 is 0 Å². The van der Waals surface area contributed by atoms with Gasteiger partial charge in [-0.3, -0.25) is 9.20 Å². The van der Waals surface area contributed by atoms with Gasteiger partial charge in [-0.2, -0.15) is 0 Å². The van der Waals surface area contributed by atoms with E-state index in [1.807, 2.05) is 22.9 Å². The summed E-state index contributed by atoms with van der Waals surface area (Å²) in [6, 6.07) is 0. The maximum absolute atomic E-state index is 13.1. The van der Waals surface area contributed by atoms with Crippen LogP contribution < -0.4 is 0 Å². The highest BCUT2D eigenvalue weighted by molar-refractivity contribution is 7.15. The Kier molecular flexibility index (Phi) is 4.66. The van der Waals surface area contributed by atoms with E-state index in [0.29, 0.717) is 44.4 Å². The number of ether oxygens (including phenoxy) is 2. The molecular weight excluding hydrogens is 358 g/mol. The molecule has 4 heterocycles. The average molecular weight is 377 g/mol. The van der Waals surface area contributed by atoms with Gasteiger partial charge in [0.1, 0.15) is 11.8 Å². The summed E-state index contributed by atoms with van der Waals surface area (Å²) in [7, 11) is 1.63. The molecule has 10 nitrogen and oxygen atoms in total. The number of aryl methyl sites for hydroxylation is 1. The van der Waals surface area contributed by atoms with Crippen molar-refractivity contribution in [3.63, 3.8) is 0 Å². The molecule has 3 aromatic rings. The van der Waals surface area contributed by atoms with Crippen LogP contribution in [-0.2, 0) is 16.0 Å². The van der Waals surface area contributed by atoms with Crippen molar-refractivity contribution < 1.29 is 14.3 Å². The molecule has 0 unspecified atom stereocenters. The highest BCUT2D eigenvalue weighted by Crippen LogP contribution is 2.23. The number of nitrogens with zero attached hydrogens (tertiary/aromatic N) is 7. The van der Waals surface area contributed by atoms with Gasteiger partial charge in [0.25, 0.3) is 5.91 Å². The molecule has 0 bridgehead atoms. The fraction of sp³-hybridized carbons (Fsp3) is 0.533. The lowest BCUT2D eigenvalue weighted by atomic mass is 10.2. The van der Waals surface area contributed by atoms with E-state index in [-0.39, 0.29) is 12.0 Å². The SMILES string of the molecule is COCCn1nnnc1[C@@H]1CN(C(=O)c2c(C)nc3sccn23)CCO1. The lowest BCUT2D eigenvalue weighted by Gasteiger charge is -2.32. The van der Waals surface area contributed by atoms with Crippen LogP contribution in [0.3, 0.4) is 0 Å². The Morgan fingerprint density at radius 1 is 1.50 bits per heavy atom. The summed E-state index contributed by atoms with van der Waals surface area (Å²) in [5.41, 5.74) is 1.33. The molecule has 1 saturated heterocycles. The standard InChI is InChI=1S/C15H19N7O3S/c1-10-12(21-5-8-26-15(21)16-10)14(23)20-3-7-25-11(9-20)13-17-18-19-22(13)4-6-24-2/h5,8,11H,3-4,6-7,9H2,1-2H3/t11-/m0/s1. The number of thiazole rings is 1. The zero-order valence-corrected chi connectivity index (χ0v) is 15.3. The Bertz CT molecular complexity index is 918. The van der Waals surface area contributed by atoms with E-state index in [9.17, 15) is 4.79 Å². The van der Waals surface area contributed by atoms with Crippen LogP contribution in [0.25, 0.3) is 4.96 Å². The fourth-order valence-corrected chi connectivity index (χ4v) is 3.83. The van der Waals surface area contributed by atoms with E-state index in [1.165, 1.54) is 11.3 Å². The summed E-state index contributed by atoms with van der Waals surface area (Å²) in [6.45, 7) is 4.23. The number of hydrogen-bond acceptors (Lipinski definition) is 8. The van der Waals surface area contributed by atoms with Gasteiger partial charge in [0.05, 0.1) is 32.0 Å². The molecule has 1 aliphatic rings. The van der Waals surface area contributed by atoms with Crippen LogP contribution in [-0.4, -0.2) is 73.8 Å². The zero-order chi connectivity index (χ0) is 18.1. The van der Waals surface area contributed by atoms with Gasteiger partial charge in [-0.15, -0.1) is 16.4 Å². The molecule has 1 amide bonds. The smallest absolute Gasteiger partial charge is 0.272 e. The number of carbonyl (C=O) groups excluding carboxylic acids is 1. The monoisotopic (exact) mass is 377 g/mol. The molecule has 1 atom stereocenters. The number of morpholine rings is 1. The normalized spacial score (nSPS) is 17.9. The fourth-order valence-electron chi connectivity index (χ4n) is 3.07. The lowest BCUT2D eigenvalue weighted by molar-refractivity contribution is -0.0294. The second kappa shape index (κ2) is 7.09. The average Bonchev–Trinajstić information content (AvgIpc) is 3.35. The van der Waals surface area contributed by atoms with Gasteiger partial charge in [0, 0.05) is 25.2 Å². The molecule has 0 aliphatic carbocycles. The summed E-state index contributed by atoms with van der Waals surface area (Å²) < 4.78 is 14.4. The lowest BCUT2D eigenvalue weighted by Crippen LogP contribution is -2.43. The molecule has 0 N–H and O–H groups in total. The van der Waals surface area contributed by atoms with Crippen molar-refractivity contribution in [1.82, 2.24) is 34.5 Å². The molecule has 26 heavy (non-hydrogen) atoms. The van der Waals surface area contributed by atoms with Gasteiger partial charge in [-0.05, 0) is 17.4 Å². The van der Waals surface area contributed by atoms with Crippen molar-refractivity contribution in [2.75, 3.05) is 33.4 Å². The Morgan fingerprint density at radius 2 is 2.38 bits per heavy atom. The van der Waals surface area contributed by atoms with Crippen molar-refractivity contribution in [2.24, 2.45) is 0 Å². The minimum atomic E-state index is -0.370. The summed E-state index contributed by atoms with van der Waals surface area (Å²) >= 11 is 1.51. The molecule has 0 radical (unpaired) electrons. The maximum atomic E-state index is 13.1. The quantitative estimate of drug-likeness (QED) is 0.640. The number of tetrazole rings is 1. The van der Waals surface area contributed by atoms with Crippen LogP contribution in [0, 0.1) is 6.92 Å². The van der Waals surface area contributed by atoms with Crippen molar-refractivity contribution in [1.29, 1.82) is 0 Å². The first-order valence-electron chi connectivity index (χ1n) is 8.27. The van der Waals surface area contributed by atoms with Crippen LogP contribution >= 0.6 is 11.3 Å². The number of methoxy groups -OCH3 is 1. The molecule has 1 fully saturated rings. The Hall–Kier alpha value is -2.37. The van der Waals surface area contributed by atoms with E-state index in [1.54, 1.807) is 16.7 Å². The van der Waals surface area contributed by atoms with E-state index in [0.717, 1.165) is 10.7 Å². The van der Waals surface area contributed by atoms with Crippen molar-refractivity contribution in [3.8, 4) is 0 Å². The predicted octanol–water partition coefficient (Wildman–Crippen LogP) is 0.551. The van der Waals surface area contributed by atoms with Gasteiger partial charge in [-0.25, -0.2) is 9.67 Å². The maximum Gasteiger partial charge on any atom is 0.272 e. The molecule has 0 saturated carbocycles. The number of rotatable bonds is 5. The van der Waals surface area contributed by atoms with Crippen LogP contribution in [0.4, 0.5) is 0 Å². The highest BCUT2D eigenvalue weighted by atomic mass is 32.1. The molecule has 0 spiro atoms. The first-order valence-corrected chi connectivity index (χ1v) is 9.15. The predicted molar refractivity (Wildman–Crippen MR) is 92.1 cm³/mol. The van der Waals surface area contributed by atoms with Crippen molar-refractivity contribution in [2.45, 2.75) is 19.6 Å². The number of fused-ring (bicyclic) bond motifs is 1. The van der Waals surface area contributed by atoms with Gasteiger partial charge >= 0.3 is 0 Å². The minimum Gasteiger partial charge on any atom is -0.383 e. The third-order valence-electron chi connectivity index (χ3n) is 4.35. The number of imidazole rings is 1. The second-order valence-electron chi connectivity index (χ2n) is 5.97. The largest absolute Gasteiger partial charge is 0.383 e. The first-order chi connectivity index (χ1) is 12.7. The summed E-state index contributed by atoms with van der Waals surface area (Å²) in [5, 5.41) is 13.7. The molecule has 11 heteroatoms. The summed E-state index contributed by atoms with van der Waals surface area (Å²) in [4.78, 5) is 20.2. The minimum absolute atomic E-state index is 0.0578. The van der Waals surface area contributed by atoms with E-state index in [2.05, 4.69) is 20.5 Å². The van der Waals surface area contributed by atoms with Crippen molar-refractivity contribution >= 4 is 22.2 Å². The second-order valence-corrected chi connectivity index (χ2v) is 6.84. The number of carbonyl (C=O) groups is 1. The van der Waals surface area contributed by atoms with Crippen LogP contribution in [0.2, 0.25) is 0 Å². The molecular formula is C15H19N7O3S. The molecule has 4 rings (SSSR count). The van der Waals surface area contributed by atoms with Crippen molar-refractivity contribution in [3.05, 3.63) is 28.8 Å². The van der Waals surface area contributed by atoms with Gasteiger partial charge in [-0.1, -0.05) is 0 Å². The molecule has 138 valence electrons. The topological polar surface area (TPSA) is 99.7 Å².